The Morgan fingerprint density at radius 1 is 0.950 bits per heavy atom. The topological polar surface area (TPSA) is 40.0 Å². The van der Waals surface area contributed by atoms with Gasteiger partial charge in [0, 0.05) is 37.6 Å². The summed E-state index contributed by atoms with van der Waals surface area (Å²) in [6.45, 7) is 17.2. The molecular weight excluding hydrogens is 270 g/mol. The third kappa shape index (κ3) is 6.97. The van der Waals surface area contributed by atoms with Gasteiger partial charge in [-0.3, -0.25) is 4.99 Å². The van der Waals surface area contributed by atoms with Gasteiger partial charge >= 0.3 is 8.80 Å². The summed E-state index contributed by atoms with van der Waals surface area (Å²) in [5.74, 6) is 0.640. The summed E-state index contributed by atoms with van der Waals surface area (Å²) in [5.41, 5.74) is 1.38. The van der Waals surface area contributed by atoms with Crippen molar-refractivity contribution in [2.45, 2.75) is 60.4 Å². The van der Waals surface area contributed by atoms with Crippen LogP contribution >= 0.6 is 0 Å². The first kappa shape index (κ1) is 19.8. The second kappa shape index (κ2) is 10.5. The fraction of sp³-hybridized carbons (Fsp3) is 0.933. The van der Waals surface area contributed by atoms with Crippen molar-refractivity contribution < 1.29 is 13.3 Å². The van der Waals surface area contributed by atoms with E-state index in [-0.39, 0.29) is 5.54 Å². The summed E-state index contributed by atoms with van der Waals surface area (Å²) < 4.78 is 17.7. The Morgan fingerprint density at radius 2 is 1.40 bits per heavy atom. The molecule has 0 saturated carbocycles. The van der Waals surface area contributed by atoms with Gasteiger partial charge in [-0.05, 0) is 40.0 Å². The third-order valence-corrected chi connectivity index (χ3v) is 6.44. The molecule has 5 heteroatoms. The van der Waals surface area contributed by atoms with E-state index >= 15 is 0 Å². The van der Waals surface area contributed by atoms with Crippen LogP contribution in [0.3, 0.4) is 0 Å². The molecule has 1 unspecified atom stereocenters. The molecule has 0 aliphatic heterocycles. The monoisotopic (exact) mass is 303 g/mol. The van der Waals surface area contributed by atoms with Crippen molar-refractivity contribution in [3.63, 3.8) is 0 Å². The maximum absolute atomic E-state index is 5.91. The molecule has 0 aliphatic carbocycles. The molecule has 120 valence electrons. The number of hydrogen-bond acceptors (Lipinski definition) is 4. The van der Waals surface area contributed by atoms with E-state index in [1.807, 2.05) is 20.8 Å². The van der Waals surface area contributed by atoms with Crippen LogP contribution < -0.4 is 0 Å². The normalized spacial score (nSPS) is 14.9. The van der Waals surface area contributed by atoms with Crippen molar-refractivity contribution in [1.29, 1.82) is 0 Å². The smallest absolute Gasteiger partial charge is 0.374 e. The molecule has 0 aliphatic rings. The Bertz CT molecular complexity index is 265. The highest BCUT2D eigenvalue weighted by Crippen LogP contribution is 2.26. The summed E-state index contributed by atoms with van der Waals surface area (Å²) >= 11 is 0. The SMILES string of the molecule is CCO[Si](OCC)(OCC)C(C)C/N=C(\C)CC(C)C. The van der Waals surface area contributed by atoms with Gasteiger partial charge in [-0.25, -0.2) is 0 Å². The van der Waals surface area contributed by atoms with Crippen molar-refractivity contribution in [2.24, 2.45) is 10.9 Å². The average molecular weight is 304 g/mol. The molecule has 0 N–H and O–H groups in total. The van der Waals surface area contributed by atoms with Crippen molar-refractivity contribution in [3.8, 4) is 0 Å². The van der Waals surface area contributed by atoms with E-state index in [0.717, 1.165) is 6.42 Å². The van der Waals surface area contributed by atoms with Crippen LogP contribution in [-0.4, -0.2) is 40.9 Å². The van der Waals surface area contributed by atoms with E-state index in [4.69, 9.17) is 13.3 Å². The predicted molar refractivity (Wildman–Crippen MR) is 87.5 cm³/mol. The minimum Gasteiger partial charge on any atom is -0.374 e. The second-order valence-electron chi connectivity index (χ2n) is 5.48. The Kier molecular flexibility index (Phi) is 10.4. The Hall–Kier alpha value is -0.233. The van der Waals surface area contributed by atoms with E-state index < -0.39 is 8.80 Å². The highest BCUT2D eigenvalue weighted by molar-refractivity contribution is 6.62. The van der Waals surface area contributed by atoms with Gasteiger partial charge in [0.25, 0.3) is 0 Å². The molecule has 0 spiro atoms. The maximum Gasteiger partial charge on any atom is 0.505 e. The van der Waals surface area contributed by atoms with Crippen LogP contribution in [0.25, 0.3) is 0 Å². The largest absolute Gasteiger partial charge is 0.505 e. The third-order valence-electron chi connectivity index (χ3n) is 2.98. The Morgan fingerprint density at radius 3 is 1.75 bits per heavy atom. The van der Waals surface area contributed by atoms with Gasteiger partial charge in [-0.2, -0.15) is 0 Å². The summed E-state index contributed by atoms with van der Waals surface area (Å²) in [6.07, 6.45) is 1.04. The minimum atomic E-state index is -2.61. The van der Waals surface area contributed by atoms with Crippen LogP contribution in [0.4, 0.5) is 0 Å². The summed E-state index contributed by atoms with van der Waals surface area (Å²) in [6, 6.07) is 0. The van der Waals surface area contributed by atoms with E-state index in [0.29, 0.717) is 32.3 Å². The number of hydrogen-bond donors (Lipinski definition) is 0. The minimum absolute atomic E-state index is 0.185. The molecule has 4 nitrogen and oxygen atoms in total. The predicted octanol–water partition coefficient (Wildman–Crippen LogP) is 3.93. The van der Waals surface area contributed by atoms with Gasteiger partial charge in [0.1, 0.15) is 0 Å². The highest BCUT2D eigenvalue weighted by Gasteiger charge is 2.46. The summed E-state index contributed by atoms with van der Waals surface area (Å²) in [7, 11) is -2.61. The molecule has 0 heterocycles. The van der Waals surface area contributed by atoms with Gasteiger partial charge in [0.2, 0.25) is 0 Å². The lowest BCUT2D eigenvalue weighted by Gasteiger charge is -2.32. The molecule has 1 atom stereocenters. The molecule has 20 heavy (non-hydrogen) atoms. The van der Waals surface area contributed by atoms with E-state index in [1.54, 1.807) is 0 Å². The van der Waals surface area contributed by atoms with Crippen molar-refractivity contribution >= 4 is 14.5 Å². The molecule has 0 aromatic carbocycles. The van der Waals surface area contributed by atoms with Gasteiger partial charge < -0.3 is 13.3 Å². The molecule has 0 radical (unpaired) electrons. The summed E-state index contributed by atoms with van der Waals surface area (Å²) in [5, 5.41) is 0. The van der Waals surface area contributed by atoms with E-state index in [2.05, 4.69) is 32.7 Å². The average Bonchev–Trinajstić information content (AvgIpc) is 2.35. The van der Waals surface area contributed by atoms with Crippen LogP contribution in [0.15, 0.2) is 4.99 Å². The molecule has 0 bridgehead atoms. The number of rotatable bonds is 11. The second-order valence-corrected chi connectivity index (χ2v) is 8.54. The Labute approximate surface area is 126 Å². The quantitative estimate of drug-likeness (QED) is 0.429. The lowest BCUT2D eigenvalue weighted by Crippen LogP contribution is -2.50. The zero-order valence-electron chi connectivity index (χ0n) is 14.4. The van der Waals surface area contributed by atoms with Crippen molar-refractivity contribution in [1.82, 2.24) is 0 Å². The molecule has 0 aromatic rings. The summed E-state index contributed by atoms with van der Waals surface area (Å²) in [4.78, 5) is 4.69. The lowest BCUT2D eigenvalue weighted by molar-refractivity contribution is 0.0633. The zero-order valence-corrected chi connectivity index (χ0v) is 15.4. The standard InChI is InChI=1S/C15H33NO3Si/c1-8-17-20(18-9-2,19-10-3)15(7)12-16-14(6)11-13(4)5/h13,15H,8-12H2,1-7H3/b16-14+. The van der Waals surface area contributed by atoms with Gasteiger partial charge in [0.05, 0.1) is 0 Å². The first-order valence-corrected chi connectivity index (χ1v) is 9.63. The molecule has 0 saturated heterocycles. The fourth-order valence-electron chi connectivity index (χ4n) is 2.22. The highest BCUT2D eigenvalue weighted by atomic mass is 28.4. The molecule has 0 aromatic heterocycles. The number of aliphatic imine (C=N–C) groups is 1. The van der Waals surface area contributed by atoms with Crippen LogP contribution in [0.5, 0.6) is 0 Å². The molecular formula is C15H33NO3Si. The van der Waals surface area contributed by atoms with E-state index in [9.17, 15) is 0 Å². The molecule has 0 fully saturated rings. The molecule has 0 rings (SSSR count). The van der Waals surface area contributed by atoms with Crippen LogP contribution in [0.2, 0.25) is 5.54 Å². The Balaban J connectivity index is 4.79. The van der Waals surface area contributed by atoms with E-state index in [1.165, 1.54) is 5.71 Å². The van der Waals surface area contributed by atoms with Gasteiger partial charge in [-0.1, -0.05) is 20.8 Å². The fourth-order valence-corrected chi connectivity index (χ4v) is 4.84. The van der Waals surface area contributed by atoms with Crippen LogP contribution in [0.1, 0.15) is 54.9 Å². The molecule has 0 amide bonds. The van der Waals surface area contributed by atoms with Gasteiger partial charge in [0.15, 0.2) is 0 Å². The lowest BCUT2D eigenvalue weighted by atomic mass is 10.1. The zero-order chi connectivity index (χ0) is 15.6. The van der Waals surface area contributed by atoms with Crippen molar-refractivity contribution in [2.75, 3.05) is 26.4 Å². The van der Waals surface area contributed by atoms with Gasteiger partial charge in [-0.15, -0.1) is 0 Å². The number of nitrogens with zero attached hydrogens (tertiary/aromatic N) is 1. The first-order valence-electron chi connectivity index (χ1n) is 7.83. The van der Waals surface area contributed by atoms with Crippen molar-refractivity contribution in [3.05, 3.63) is 0 Å². The first-order chi connectivity index (χ1) is 9.41. The maximum atomic E-state index is 5.91. The van der Waals surface area contributed by atoms with Crippen LogP contribution in [-0.2, 0) is 13.3 Å². The van der Waals surface area contributed by atoms with Crippen LogP contribution in [0, 0.1) is 5.92 Å².